The molecule has 7 heteroatoms. The Morgan fingerprint density at radius 1 is 1.11 bits per heavy atom. The second-order valence-electron chi connectivity index (χ2n) is 6.47. The van der Waals surface area contributed by atoms with E-state index in [1.807, 2.05) is 54.0 Å². The first-order chi connectivity index (χ1) is 13.6. The summed E-state index contributed by atoms with van der Waals surface area (Å²) < 4.78 is 7.84. The highest BCUT2D eigenvalue weighted by Crippen LogP contribution is 2.24. The van der Waals surface area contributed by atoms with Gasteiger partial charge in [-0.05, 0) is 30.7 Å². The molecule has 0 amide bonds. The third kappa shape index (κ3) is 3.68. The predicted octanol–water partition coefficient (Wildman–Crippen LogP) is 4.28. The second-order valence-corrected chi connectivity index (χ2v) is 6.47. The largest absolute Gasteiger partial charge is 0.487 e. The molecule has 2 aromatic heterocycles. The average Bonchev–Trinajstić information content (AvgIpc) is 3.10. The van der Waals surface area contributed by atoms with Crippen molar-refractivity contribution in [1.82, 2.24) is 14.5 Å². The summed E-state index contributed by atoms with van der Waals surface area (Å²) in [6, 6.07) is 18.4. The fourth-order valence-corrected chi connectivity index (χ4v) is 3.02. The molecule has 2 heterocycles. The van der Waals surface area contributed by atoms with Crippen LogP contribution < -0.4 is 4.74 Å². The number of rotatable bonds is 6. The smallest absolute Gasteiger partial charge is 0.271 e. The van der Waals surface area contributed by atoms with E-state index in [4.69, 9.17) is 4.74 Å². The normalized spacial score (nSPS) is 10.9. The van der Waals surface area contributed by atoms with Gasteiger partial charge in [0.05, 0.1) is 28.8 Å². The number of hydrogen-bond donors (Lipinski definition) is 0. The van der Waals surface area contributed by atoms with Gasteiger partial charge in [-0.3, -0.25) is 15.1 Å². The highest BCUT2D eigenvalue weighted by molar-refractivity contribution is 5.78. The molecule has 0 aliphatic rings. The number of aromatic nitrogens is 3. The van der Waals surface area contributed by atoms with E-state index in [1.54, 1.807) is 12.4 Å². The maximum absolute atomic E-state index is 11.1. The maximum Gasteiger partial charge on any atom is 0.271 e. The number of ether oxygens (including phenoxy) is 1. The summed E-state index contributed by atoms with van der Waals surface area (Å²) in [5.41, 5.74) is 4.11. The van der Waals surface area contributed by atoms with Crippen molar-refractivity contribution in [2.45, 2.75) is 20.1 Å². The zero-order chi connectivity index (χ0) is 19.5. The van der Waals surface area contributed by atoms with Crippen LogP contribution in [0.3, 0.4) is 0 Å². The Bertz CT molecular complexity index is 1140. The summed E-state index contributed by atoms with van der Waals surface area (Å²) in [5, 5.41) is 11.1. The minimum Gasteiger partial charge on any atom is -0.487 e. The van der Waals surface area contributed by atoms with Crippen LogP contribution in [0.25, 0.3) is 11.0 Å². The lowest BCUT2D eigenvalue weighted by Crippen LogP contribution is -2.06. The molecular weight excluding hydrogens is 356 g/mol. The summed E-state index contributed by atoms with van der Waals surface area (Å²) in [6.07, 6.45) is 1.67. The Morgan fingerprint density at radius 3 is 2.71 bits per heavy atom. The molecule has 0 aliphatic carbocycles. The van der Waals surface area contributed by atoms with Gasteiger partial charge < -0.3 is 9.30 Å². The van der Waals surface area contributed by atoms with Crippen LogP contribution in [-0.2, 0) is 13.2 Å². The zero-order valence-corrected chi connectivity index (χ0v) is 15.3. The number of fused-ring (bicyclic) bond motifs is 1. The van der Waals surface area contributed by atoms with Crippen LogP contribution in [0.2, 0.25) is 0 Å². The van der Waals surface area contributed by atoms with Crippen molar-refractivity contribution in [3.05, 3.63) is 94.1 Å². The van der Waals surface area contributed by atoms with Gasteiger partial charge in [-0.25, -0.2) is 4.98 Å². The second kappa shape index (κ2) is 7.48. The van der Waals surface area contributed by atoms with Crippen molar-refractivity contribution in [2.75, 3.05) is 0 Å². The van der Waals surface area contributed by atoms with Crippen molar-refractivity contribution in [2.24, 2.45) is 0 Å². The Labute approximate surface area is 161 Å². The molecule has 0 radical (unpaired) electrons. The van der Waals surface area contributed by atoms with E-state index in [1.165, 1.54) is 12.1 Å². The van der Waals surface area contributed by atoms with Crippen LogP contribution in [0.15, 0.2) is 67.0 Å². The Hall–Kier alpha value is -3.74. The van der Waals surface area contributed by atoms with E-state index in [0.717, 1.165) is 17.0 Å². The third-order valence-corrected chi connectivity index (χ3v) is 4.44. The summed E-state index contributed by atoms with van der Waals surface area (Å²) in [5.74, 6) is 0.682. The first-order valence-electron chi connectivity index (χ1n) is 8.83. The van der Waals surface area contributed by atoms with Gasteiger partial charge in [0.1, 0.15) is 18.1 Å². The molecule has 0 aliphatic heterocycles. The van der Waals surface area contributed by atoms with Gasteiger partial charge in [0, 0.05) is 17.8 Å². The molecule has 7 nitrogen and oxygen atoms in total. The minimum absolute atomic E-state index is 0.0343. The number of nitro groups is 1. The molecule has 2 aromatic carbocycles. The number of pyridine rings is 1. The van der Waals surface area contributed by atoms with E-state index in [2.05, 4.69) is 9.97 Å². The number of hydrogen-bond acceptors (Lipinski definition) is 5. The number of nitrogens with zero attached hydrogens (tertiary/aromatic N) is 4. The molecule has 140 valence electrons. The van der Waals surface area contributed by atoms with E-state index in [9.17, 15) is 10.1 Å². The van der Waals surface area contributed by atoms with Crippen molar-refractivity contribution in [3.8, 4) is 5.75 Å². The zero-order valence-electron chi connectivity index (χ0n) is 15.3. The lowest BCUT2D eigenvalue weighted by molar-refractivity contribution is -0.384. The molecule has 0 saturated heterocycles. The van der Waals surface area contributed by atoms with Crippen molar-refractivity contribution in [1.29, 1.82) is 0 Å². The monoisotopic (exact) mass is 374 g/mol. The quantitative estimate of drug-likeness (QED) is 0.372. The van der Waals surface area contributed by atoms with Crippen LogP contribution in [-0.4, -0.2) is 19.5 Å². The highest BCUT2D eigenvalue weighted by atomic mass is 16.6. The molecular formula is C21H18N4O3. The van der Waals surface area contributed by atoms with Crippen LogP contribution in [0, 0.1) is 17.0 Å². The molecule has 0 fully saturated rings. The van der Waals surface area contributed by atoms with E-state index in [0.29, 0.717) is 29.9 Å². The Kier molecular flexibility index (Phi) is 4.72. The van der Waals surface area contributed by atoms with Crippen LogP contribution >= 0.6 is 0 Å². The molecule has 4 aromatic rings. The summed E-state index contributed by atoms with van der Waals surface area (Å²) in [7, 11) is 0. The average molecular weight is 374 g/mol. The van der Waals surface area contributed by atoms with Gasteiger partial charge in [-0.2, -0.15) is 0 Å². The fourth-order valence-electron chi connectivity index (χ4n) is 3.02. The van der Waals surface area contributed by atoms with Crippen molar-refractivity contribution in [3.63, 3.8) is 0 Å². The first-order valence-corrected chi connectivity index (χ1v) is 8.83. The summed E-state index contributed by atoms with van der Waals surface area (Å²) in [4.78, 5) is 19.6. The third-order valence-electron chi connectivity index (χ3n) is 4.44. The van der Waals surface area contributed by atoms with Gasteiger partial charge >= 0.3 is 0 Å². The molecule has 0 spiro atoms. The van der Waals surface area contributed by atoms with Gasteiger partial charge in [-0.1, -0.05) is 30.3 Å². The maximum atomic E-state index is 11.1. The van der Waals surface area contributed by atoms with E-state index >= 15 is 0 Å². The number of aryl methyl sites for hydroxylation is 1. The van der Waals surface area contributed by atoms with Gasteiger partial charge in [0.15, 0.2) is 0 Å². The lowest BCUT2D eigenvalue weighted by atomic mass is 10.2. The molecule has 0 atom stereocenters. The van der Waals surface area contributed by atoms with Gasteiger partial charge in [-0.15, -0.1) is 0 Å². The molecule has 0 bridgehead atoms. The fraction of sp³-hybridized carbons (Fsp3) is 0.143. The van der Waals surface area contributed by atoms with Gasteiger partial charge in [0.2, 0.25) is 0 Å². The van der Waals surface area contributed by atoms with Crippen molar-refractivity contribution < 1.29 is 9.66 Å². The van der Waals surface area contributed by atoms with Gasteiger partial charge in [0.25, 0.3) is 5.69 Å². The van der Waals surface area contributed by atoms with E-state index in [-0.39, 0.29) is 5.69 Å². The minimum atomic E-state index is -0.407. The Morgan fingerprint density at radius 2 is 1.93 bits per heavy atom. The molecule has 0 unspecified atom stereocenters. The van der Waals surface area contributed by atoms with Crippen LogP contribution in [0.4, 0.5) is 5.69 Å². The summed E-state index contributed by atoms with van der Waals surface area (Å²) >= 11 is 0. The molecule has 0 saturated carbocycles. The van der Waals surface area contributed by atoms with Crippen LogP contribution in [0.1, 0.15) is 17.0 Å². The predicted molar refractivity (Wildman–Crippen MR) is 105 cm³/mol. The first kappa shape index (κ1) is 17.7. The molecule has 28 heavy (non-hydrogen) atoms. The number of imidazole rings is 1. The standard InChI is InChI=1S/C21H18N4O3/c1-15-7-10-21(28-13-16-5-3-2-4-6-16)19(23-15)12-24-14-22-18-9-8-17(25(26)27)11-20(18)24/h2-11,14H,12-13H2,1H3. The Balaban J connectivity index is 1.64. The lowest BCUT2D eigenvalue weighted by Gasteiger charge is -2.12. The molecule has 0 N–H and O–H groups in total. The number of nitro benzene ring substituents is 1. The number of non-ortho nitro benzene ring substituents is 1. The summed E-state index contributed by atoms with van der Waals surface area (Å²) in [6.45, 7) is 2.76. The molecule has 4 rings (SSSR count). The van der Waals surface area contributed by atoms with E-state index < -0.39 is 4.92 Å². The number of benzene rings is 2. The van der Waals surface area contributed by atoms with Crippen molar-refractivity contribution >= 4 is 16.7 Å². The highest BCUT2D eigenvalue weighted by Gasteiger charge is 2.13. The SMILES string of the molecule is Cc1ccc(OCc2ccccc2)c(Cn2cnc3ccc([N+](=O)[O-])cc32)n1. The topological polar surface area (TPSA) is 83.1 Å². The van der Waals surface area contributed by atoms with Crippen LogP contribution in [0.5, 0.6) is 5.75 Å².